The van der Waals surface area contributed by atoms with Crippen molar-refractivity contribution in [3.63, 3.8) is 0 Å². The molecule has 1 aromatic heterocycles. The van der Waals surface area contributed by atoms with E-state index in [9.17, 15) is 9.59 Å². The number of rotatable bonds is 4. The second-order valence-electron chi connectivity index (χ2n) is 3.97. The molecule has 0 radical (unpaired) electrons. The van der Waals surface area contributed by atoms with Crippen LogP contribution in [0.2, 0.25) is 0 Å². The molecule has 1 aromatic carbocycles. The van der Waals surface area contributed by atoms with Crippen LogP contribution in [-0.4, -0.2) is 23.5 Å². The summed E-state index contributed by atoms with van der Waals surface area (Å²) in [6.07, 6.45) is -0.289. The molecule has 0 atom stereocenters. The minimum atomic E-state index is -0.530. The third kappa shape index (κ3) is 3.29. The van der Waals surface area contributed by atoms with Crippen LogP contribution in [0.3, 0.4) is 0 Å². The molecule has 6 heteroatoms. The Hall–Kier alpha value is -1.95. The maximum atomic E-state index is 11.6. The Labute approximate surface area is 114 Å². The fourth-order valence-electron chi connectivity index (χ4n) is 1.65. The van der Waals surface area contributed by atoms with E-state index < -0.39 is 11.9 Å². The lowest BCUT2D eigenvalue weighted by molar-refractivity contribution is -0.145. The van der Waals surface area contributed by atoms with Crippen molar-refractivity contribution in [2.24, 2.45) is 0 Å². The van der Waals surface area contributed by atoms with Gasteiger partial charge in [0.2, 0.25) is 5.91 Å². The van der Waals surface area contributed by atoms with Crippen LogP contribution in [0.4, 0.5) is 5.13 Å². The van der Waals surface area contributed by atoms with Gasteiger partial charge < -0.3 is 10.1 Å². The van der Waals surface area contributed by atoms with E-state index in [4.69, 9.17) is 4.74 Å². The predicted molar refractivity (Wildman–Crippen MR) is 74.2 cm³/mol. The number of carbonyl (C=O) groups excluding carboxylic acids is 2. The molecule has 0 saturated carbocycles. The largest absolute Gasteiger partial charge is 0.466 e. The molecule has 2 rings (SSSR count). The molecule has 1 amide bonds. The summed E-state index contributed by atoms with van der Waals surface area (Å²) in [5.74, 6) is -0.938. The lowest BCUT2D eigenvalue weighted by atomic mass is 10.2. The second kappa shape index (κ2) is 5.79. The molecule has 0 saturated heterocycles. The molecular formula is C13H14N2O3S. The molecule has 0 aliphatic rings. The Morgan fingerprint density at radius 1 is 1.42 bits per heavy atom. The number of para-hydroxylation sites is 1. The van der Waals surface area contributed by atoms with Gasteiger partial charge in [0.25, 0.3) is 0 Å². The van der Waals surface area contributed by atoms with Gasteiger partial charge in [-0.2, -0.15) is 0 Å². The summed E-state index contributed by atoms with van der Waals surface area (Å²) in [6.45, 7) is 3.94. The SMILES string of the molecule is CCOC(=O)CC(=O)Nc1nc2c(C)cccc2s1. The van der Waals surface area contributed by atoms with Gasteiger partial charge in [-0.1, -0.05) is 23.5 Å². The van der Waals surface area contributed by atoms with Gasteiger partial charge >= 0.3 is 5.97 Å². The highest BCUT2D eigenvalue weighted by Crippen LogP contribution is 2.27. The van der Waals surface area contributed by atoms with E-state index in [1.165, 1.54) is 11.3 Å². The molecule has 1 heterocycles. The van der Waals surface area contributed by atoms with Crippen LogP contribution in [0.1, 0.15) is 18.9 Å². The molecule has 0 aliphatic heterocycles. The number of fused-ring (bicyclic) bond motifs is 1. The smallest absolute Gasteiger partial charge is 0.315 e. The zero-order chi connectivity index (χ0) is 13.8. The summed E-state index contributed by atoms with van der Waals surface area (Å²) in [5, 5.41) is 3.11. The van der Waals surface area contributed by atoms with E-state index in [1.807, 2.05) is 25.1 Å². The Balaban J connectivity index is 2.07. The minimum absolute atomic E-state index is 0.270. The summed E-state index contributed by atoms with van der Waals surface area (Å²) in [7, 11) is 0. The first-order chi connectivity index (χ1) is 9.10. The highest BCUT2D eigenvalue weighted by Gasteiger charge is 2.13. The number of thiazole rings is 1. The number of benzene rings is 1. The molecule has 0 bridgehead atoms. The van der Waals surface area contributed by atoms with Crippen molar-refractivity contribution in [3.8, 4) is 0 Å². The summed E-state index contributed by atoms with van der Waals surface area (Å²) in [6, 6.07) is 5.85. The van der Waals surface area contributed by atoms with Crippen LogP contribution >= 0.6 is 11.3 Å². The van der Waals surface area contributed by atoms with Crippen LogP contribution in [-0.2, 0) is 14.3 Å². The number of amides is 1. The van der Waals surface area contributed by atoms with E-state index in [2.05, 4.69) is 10.3 Å². The number of hydrogen-bond donors (Lipinski definition) is 1. The van der Waals surface area contributed by atoms with Crippen molar-refractivity contribution in [3.05, 3.63) is 23.8 Å². The number of nitrogens with zero attached hydrogens (tertiary/aromatic N) is 1. The van der Waals surface area contributed by atoms with Gasteiger partial charge in [-0.05, 0) is 25.5 Å². The van der Waals surface area contributed by atoms with Crippen molar-refractivity contribution in [1.82, 2.24) is 4.98 Å². The zero-order valence-corrected chi connectivity index (χ0v) is 11.5. The van der Waals surface area contributed by atoms with E-state index in [-0.39, 0.29) is 13.0 Å². The van der Waals surface area contributed by atoms with Crippen molar-refractivity contribution < 1.29 is 14.3 Å². The summed E-state index contributed by atoms with van der Waals surface area (Å²) < 4.78 is 5.72. The molecule has 2 aromatic rings. The normalized spacial score (nSPS) is 10.4. The number of ether oxygens (including phenoxy) is 1. The predicted octanol–water partition coefficient (Wildman–Crippen LogP) is 2.50. The molecule has 0 unspecified atom stereocenters. The van der Waals surface area contributed by atoms with Gasteiger partial charge in [0.15, 0.2) is 5.13 Å². The van der Waals surface area contributed by atoms with Crippen LogP contribution in [0.25, 0.3) is 10.2 Å². The number of hydrogen-bond acceptors (Lipinski definition) is 5. The highest BCUT2D eigenvalue weighted by atomic mass is 32.1. The van der Waals surface area contributed by atoms with E-state index in [1.54, 1.807) is 6.92 Å². The van der Waals surface area contributed by atoms with Crippen molar-refractivity contribution >= 4 is 38.6 Å². The van der Waals surface area contributed by atoms with Gasteiger partial charge in [-0.25, -0.2) is 4.98 Å². The molecule has 5 nitrogen and oxygen atoms in total. The van der Waals surface area contributed by atoms with Crippen molar-refractivity contribution in [2.45, 2.75) is 20.3 Å². The van der Waals surface area contributed by atoms with Crippen LogP contribution in [0, 0.1) is 6.92 Å². The first kappa shape index (κ1) is 13.5. The maximum absolute atomic E-state index is 11.6. The third-order valence-corrected chi connectivity index (χ3v) is 3.41. The zero-order valence-electron chi connectivity index (χ0n) is 10.7. The molecule has 19 heavy (non-hydrogen) atoms. The van der Waals surface area contributed by atoms with E-state index in [0.29, 0.717) is 5.13 Å². The number of anilines is 1. The molecule has 0 aliphatic carbocycles. The monoisotopic (exact) mass is 278 g/mol. The highest BCUT2D eigenvalue weighted by molar-refractivity contribution is 7.22. The lowest BCUT2D eigenvalue weighted by Crippen LogP contribution is -2.17. The Morgan fingerprint density at radius 2 is 2.21 bits per heavy atom. The Bertz CT molecular complexity index is 621. The van der Waals surface area contributed by atoms with Gasteiger partial charge in [0.1, 0.15) is 6.42 Å². The van der Waals surface area contributed by atoms with Crippen molar-refractivity contribution in [2.75, 3.05) is 11.9 Å². The number of esters is 1. The molecule has 0 fully saturated rings. The standard InChI is InChI=1S/C13H14N2O3S/c1-3-18-11(17)7-10(16)14-13-15-12-8(2)5-4-6-9(12)19-13/h4-6H,3,7H2,1-2H3,(H,14,15,16). The summed E-state index contributed by atoms with van der Waals surface area (Å²) >= 11 is 1.39. The van der Waals surface area contributed by atoms with Crippen LogP contribution < -0.4 is 5.32 Å². The third-order valence-electron chi connectivity index (χ3n) is 2.48. The van der Waals surface area contributed by atoms with E-state index in [0.717, 1.165) is 15.8 Å². The lowest BCUT2D eigenvalue weighted by Gasteiger charge is -2.01. The quantitative estimate of drug-likeness (QED) is 0.689. The molecule has 100 valence electrons. The molecule has 0 spiro atoms. The molecule has 1 N–H and O–H groups in total. The fraction of sp³-hybridized carbons (Fsp3) is 0.308. The molecular weight excluding hydrogens is 264 g/mol. The van der Waals surface area contributed by atoms with Gasteiger partial charge in [0.05, 0.1) is 16.8 Å². The summed E-state index contributed by atoms with van der Waals surface area (Å²) in [5.41, 5.74) is 1.93. The number of aromatic nitrogens is 1. The second-order valence-corrected chi connectivity index (χ2v) is 5.00. The first-order valence-corrected chi connectivity index (χ1v) is 6.73. The maximum Gasteiger partial charge on any atom is 0.315 e. The van der Waals surface area contributed by atoms with Crippen LogP contribution in [0.5, 0.6) is 0 Å². The first-order valence-electron chi connectivity index (χ1n) is 5.91. The van der Waals surface area contributed by atoms with Gasteiger partial charge in [-0.3, -0.25) is 9.59 Å². The fourth-order valence-corrected chi connectivity index (χ4v) is 2.61. The topological polar surface area (TPSA) is 68.3 Å². The average Bonchev–Trinajstić information content (AvgIpc) is 2.72. The Kier molecular flexibility index (Phi) is 4.11. The van der Waals surface area contributed by atoms with Crippen LogP contribution in [0.15, 0.2) is 18.2 Å². The Morgan fingerprint density at radius 3 is 2.89 bits per heavy atom. The average molecular weight is 278 g/mol. The summed E-state index contributed by atoms with van der Waals surface area (Å²) in [4.78, 5) is 27.1. The number of aryl methyl sites for hydroxylation is 1. The number of carbonyl (C=O) groups is 2. The number of nitrogens with one attached hydrogen (secondary N) is 1. The minimum Gasteiger partial charge on any atom is -0.466 e. The van der Waals surface area contributed by atoms with E-state index >= 15 is 0 Å². The van der Waals surface area contributed by atoms with Gasteiger partial charge in [0, 0.05) is 0 Å². The van der Waals surface area contributed by atoms with Gasteiger partial charge in [-0.15, -0.1) is 0 Å². The van der Waals surface area contributed by atoms with Crippen molar-refractivity contribution in [1.29, 1.82) is 0 Å².